The molecule has 402 valence electrons. The van der Waals surface area contributed by atoms with Crippen LogP contribution in [0.2, 0.25) is 0 Å². The van der Waals surface area contributed by atoms with Gasteiger partial charge in [-0.25, -0.2) is 4.79 Å². The molecule has 3 heterocycles. The zero-order valence-electron chi connectivity index (χ0n) is 40.7. The number of aliphatic hydroxyl groups excluding tert-OH is 4. The molecule has 1 aromatic carbocycles. The lowest BCUT2D eigenvalue weighted by Gasteiger charge is -2.32. The van der Waals surface area contributed by atoms with Gasteiger partial charge in [-0.15, -0.1) is 0 Å². The highest BCUT2D eigenvalue weighted by atomic mass is 16.4. The molecule has 0 spiro atoms. The normalized spacial score (nSPS) is 22.7. The fourth-order valence-corrected chi connectivity index (χ4v) is 9.05. The van der Waals surface area contributed by atoms with E-state index < -0.39 is 139 Å². The number of amides is 8. The molecule has 3 aliphatic rings. The van der Waals surface area contributed by atoms with Crippen molar-refractivity contribution in [3.63, 3.8) is 0 Å². The number of carbonyl (C=O) groups is 9. The molecule has 26 nitrogen and oxygen atoms in total. The minimum Gasteiger partial charge on any atom is -0.508 e. The van der Waals surface area contributed by atoms with Gasteiger partial charge in [-0.3, -0.25) is 38.4 Å². The number of likely N-dealkylation sites (tertiary alicyclic amines) is 3. The first-order valence-corrected chi connectivity index (χ1v) is 24.4. The summed E-state index contributed by atoms with van der Waals surface area (Å²) in [6, 6.07) is -6.77. The van der Waals surface area contributed by atoms with Crippen molar-refractivity contribution in [2.24, 2.45) is 17.2 Å². The first kappa shape index (κ1) is 58.5. The van der Waals surface area contributed by atoms with Crippen molar-refractivity contribution >= 4 is 53.2 Å². The lowest BCUT2D eigenvalue weighted by atomic mass is 10.0. The van der Waals surface area contributed by atoms with Crippen LogP contribution in [0.3, 0.4) is 0 Å². The van der Waals surface area contributed by atoms with Crippen LogP contribution < -0.4 is 43.8 Å². The Kier molecular flexibility index (Phi) is 22.5. The molecule has 4 rings (SSSR count). The predicted molar refractivity (Wildman–Crippen MR) is 254 cm³/mol. The number of nitrogens with two attached hydrogens (primary N) is 3. The summed E-state index contributed by atoms with van der Waals surface area (Å²) in [6.07, 6.45) is -1.62. The van der Waals surface area contributed by atoms with Crippen LogP contribution in [-0.2, 0) is 49.6 Å². The van der Waals surface area contributed by atoms with Gasteiger partial charge < -0.3 is 89.1 Å². The summed E-state index contributed by atoms with van der Waals surface area (Å²) in [6.45, 7) is 1.69. The van der Waals surface area contributed by atoms with Gasteiger partial charge in [0.2, 0.25) is 47.3 Å². The molecule has 3 fully saturated rings. The van der Waals surface area contributed by atoms with Gasteiger partial charge in [-0.1, -0.05) is 18.6 Å². The molecule has 0 bridgehead atoms. The van der Waals surface area contributed by atoms with Crippen LogP contribution in [0.4, 0.5) is 0 Å². The average molecular weight is 1020 g/mol. The Morgan fingerprint density at radius 1 is 0.667 bits per heavy atom. The summed E-state index contributed by atoms with van der Waals surface area (Å²) in [5.41, 5.74) is 17.6. The number of aliphatic carboxylic acids is 1. The van der Waals surface area contributed by atoms with E-state index >= 15 is 0 Å². The number of nitrogens with one attached hydrogen (secondary N) is 5. The minimum absolute atomic E-state index is 0.0637. The van der Waals surface area contributed by atoms with E-state index in [1.54, 1.807) is 0 Å². The van der Waals surface area contributed by atoms with Crippen LogP contribution in [0, 0.1) is 0 Å². The van der Waals surface area contributed by atoms with E-state index in [4.69, 9.17) is 17.2 Å². The van der Waals surface area contributed by atoms with Crippen LogP contribution in [0.15, 0.2) is 24.3 Å². The van der Waals surface area contributed by atoms with Crippen LogP contribution in [-0.4, -0.2) is 211 Å². The first-order valence-electron chi connectivity index (χ1n) is 24.4. The summed E-state index contributed by atoms with van der Waals surface area (Å²) in [5, 5.41) is 74.0. The highest BCUT2D eigenvalue weighted by molar-refractivity contribution is 5.98. The molecular formula is C46H73N11O15. The smallest absolute Gasteiger partial charge is 0.326 e. The molecule has 0 radical (unpaired) electrons. The zero-order valence-corrected chi connectivity index (χ0v) is 40.7. The molecule has 3 aliphatic heterocycles. The van der Waals surface area contributed by atoms with Crippen LogP contribution in [0.1, 0.15) is 83.6 Å². The molecule has 8 amide bonds. The number of benzene rings is 1. The number of nitrogens with zero attached hydrogens (tertiary/aromatic N) is 3. The van der Waals surface area contributed by atoms with E-state index in [1.807, 2.05) is 0 Å². The maximum absolute atomic E-state index is 14.5. The van der Waals surface area contributed by atoms with Gasteiger partial charge in [0.1, 0.15) is 54.1 Å². The Hall–Kier alpha value is -6.03. The summed E-state index contributed by atoms with van der Waals surface area (Å²) in [7, 11) is 0. The zero-order chi connectivity index (χ0) is 53.4. The number of unbranched alkanes of at least 4 members (excludes halogenated alkanes) is 2. The van der Waals surface area contributed by atoms with E-state index in [-0.39, 0.29) is 50.9 Å². The van der Waals surface area contributed by atoms with Gasteiger partial charge in [-0.05, 0) is 89.6 Å². The number of rotatable bonds is 26. The van der Waals surface area contributed by atoms with Crippen LogP contribution in [0.5, 0.6) is 5.75 Å². The molecule has 1 aromatic rings. The number of aromatic hydroxyl groups is 1. The fraction of sp³-hybridized carbons (Fsp3) is 0.674. The number of carbonyl (C=O) groups excluding carboxylic acids is 8. The Bertz CT molecular complexity index is 2070. The Morgan fingerprint density at radius 2 is 1.21 bits per heavy atom. The summed E-state index contributed by atoms with van der Waals surface area (Å²) < 4.78 is 0. The SMILES string of the molecule is C[C@H](NC(=O)[C@@H](NC(=O)[C@@H]1C[C@@H](O)CN1C(=O)[C@H](Cc1ccc(O)cc1)NC(=O)[C@H](CO)NC(=O)[C@@H]1CCCN1C(=O)[C@@H](N)CCCCN)[C@@H](C)O)C(=O)N1C[C@H](O)C[C@H]1C(=O)N[C@@H](CCCCN)C(=O)O. The summed E-state index contributed by atoms with van der Waals surface area (Å²) in [4.78, 5) is 125. The molecule has 0 unspecified atom stereocenters. The highest BCUT2D eigenvalue weighted by Gasteiger charge is 2.45. The van der Waals surface area contributed by atoms with E-state index in [0.717, 1.165) is 16.7 Å². The Labute approximate surface area is 416 Å². The number of carboxylic acids is 1. The quantitative estimate of drug-likeness (QED) is 0.0385. The van der Waals surface area contributed by atoms with Crippen LogP contribution >= 0.6 is 0 Å². The maximum Gasteiger partial charge on any atom is 0.326 e. The Morgan fingerprint density at radius 3 is 1.76 bits per heavy atom. The van der Waals surface area contributed by atoms with Crippen molar-refractivity contribution in [2.75, 3.05) is 39.3 Å². The molecular weight excluding hydrogens is 947 g/mol. The number of hydrogen-bond acceptors (Lipinski definition) is 17. The van der Waals surface area contributed by atoms with Crippen molar-refractivity contribution < 1.29 is 73.8 Å². The van der Waals surface area contributed by atoms with Crippen molar-refractivity contribution in [3.8, 4) is 5.75 Å². The molecule has 26 heteroatoms. The number of β-amino-alcohol motifs (C(OH)–C–C–N with tert-alkyl or cyclic N) is 2. The van der Waals surface area contributed by atoms with Gasteiger partial charge in [0.05, 0.1) is 31.0 Å². The lowest BCUT2D eigenvalue weighted by Crippen LogP contribution is -2.61. The van der Waals surface area contributed by atoms with Crippen molar-refractivity contribution in [3.05, 3.63) is 29.8 Å². The highest BCUT2D eigenvalue weighted by Crippen LogP contribution is 2.24. The summed E-state index contributed by atoms with van der Waals surface area (Å²) >= 11 is 0. The van der Waals surface area contributed by atoms with Gasteiger partial charge >= 0.3 is 5.97 Å². The molecule has 72 heavy (non-hydrogen) atoms. The second-order valence-corrected chi connectivity index (χ2v) is 18.7. The molecule has 17 N–H and O–H groups in total. The molecule has 12 atom stereocenters. The van der Waals surface area contributed by atoms with Crippen LogP contribution in [0.25, 0.3) is 0 Å². The summed E-state index contributed by atoms with van der Waals surface area (Å²) in [5.74, 6) is -8.35. The number of phenols is 1. The number of aliphatic hydroxyl groups is 4. The predicted octanol–water partition coefficient (Wildman–Crippen LogP) is -5.66. The maximum atomic E-state index is 14.5. The van der Waals surface area contributed by atoms with Gasteiger partial charge in [0, 0.05) is 38.9 Å². The first-order chi connectivity index (χ1) is 34.1. The van der Waals surface area contributed by atoms with E-state index in [2.05, 4.69) is 26.6 Å². The molecule has 3 saturated heterocycles. The molecule has 0 aromatic heterocycles. The van der Waals surface area contributed by atoms with Gasteiger partial charge in [-0.2, -0.15) is 0 Å². The van der Waals surface area contributed by atoms with Gasteiger partial charge in [0.25, 0.3) is 0 Å². The van der Waals surface area contributed by atoms with Gasteiger partial charge in [0.15, 0.2) is 0 Å². The third kappa shape index (κ3) is 16.0. The minimum atomic E-state index is -1.77. The number of phenolic OH excluding ortho intramolecular Hbond substituents is 1. The molecule has 0 aliphatic carbocycles. The number of hydrogen-bond donors (Lipinski definition) is 14. The lowest BCUT2D eigenvalue weighted by molar-refractivity contribution is -0.145. The van der Waals surface area contributed by atoms with E-state index in [0.29, 0.717) is 57.2 Å². The second-order valence-electron chi connectivity index (χ2n) is 18.7. The van der Waals surface area contributed by atoms with E-state index in [1.165, 1.54) is 36.1 Å². The van der Waals surface area contributed by atoms with Crippen molar-refractivity contribution in [1.82, 2.24) is 41.3 Å². The standard InChI is InChI=1S/C46H73N11O15/c1-24(43(68)56-21-28(61)19-35(56)40(65)51-31(46(71)72)9-4-6-16-48)50-42(67)37(25(2)59)54-41(66)36-20-29(62)22-57(36)45(70)32(18-26-11-13-27(60)14-12-26)52-38(63)33(23-58)53-39(64)34-10-7-17-55(34)44(69)30(49)8-3-5-15-47/h11-14,24-25,28-37,58-62H,3-10,15-23,47-49H2,1-2H3,(H,50,67)(H,51,65)(H,52,63)(H,53,64)(H,54,66)(H,71,72)/t24-,25+,28+,29+,30-,31-,32-,33-,34-,35-,36-,37-/m0/s1. The van der Waals surface area contributed by atoms with E-state index in [9.17, 15) is 73.8 Å². The monoisotopic (exact) mass is 1020 g/mol. The van der Waals surface area contributed by atoms with Crippen molar-refractivity contribution in [1.29, 1.82) is 0 Å². The third-order valence-corrected chi connectivity index (χ3v) is 13.0. The largest absolute Gasteiger partial charge is 0.508 e. The average Bonchev–Trinajstić information content (AvgIpc) is 4.10. The topological polar surface area (TPSA) is 423 Å². The fourth-order valence-electron chi connectivity index (χ4n) is 9.05. The van der Waals surface area contributed by atoms with Crippen molar-refractivity contribution in [2.45, 2.75) is 157 Å². The number of carboxylic acid groups (broad SMARTS) is 1. The Balaban J connectivity index is 1.47. The molecule has 0 saturated carbocycles. The second kappa shape index (κ2) is 27.7. The third-order valence-electron chi connectivity index (χ3n) is 13.0.